The predicted octanol–water partition coefficient (Wildman–Crippen LogP) is 2.81. The molecule has 1 aliphatic heterocycles. The summed E-state index contributed by atoms with van der Waals surface area (Å²) in [4.78, 5) is 31.4. The lowest BCUT2D eigenvalue weighted by Crippen LogP contribution is -2.50. The van der Waals surface area contributed by atoms with Gasteiger partial charge in [0.2, 0.25) is 5.91 Å². The van der Waals surface area contributed by atoms with Crippen molar-refractivity contribution in [1.29, 1.82) is 0 Å². The number of benzene rings is 1. The van der Waals surface area contributed by atoms with Crippen molar-refractivity contribution in [3.63, 3.8) is 0 Å². The fraction of sp³-hybridized carbons (Fsp3) is 0.381. The molecular formula is C21H25N3O2. The highest BCUT2D eigenvalue weighted by Gasteiger charge is 2.29. The van der Waals surface area contributed by atoms with Crippen molar-refractivity contribution in [2.24, 2.45) is 5.92 Å². The van der Waals surface area contributed by atoms with Gasteiger partial charge in [-0.25, -0.2) is 0 Å². The van der Waals surface area contributed by atoms with Crippen LogP contribution in [0.3, 0.4) is 0 Å². The zero-order chi connectivity index (χ0) is 18.5. The van der Waals surface area contributed by atoms with Gasteiger partial charge in [0.1, 0.15) is 6.04 Å². The van der Waals surface area contributed by atoms with E-state index in [1.807, 2.05) is 17.0 Å². The molecule has 0 saturated carbocycles. The average Bonchev–Trinajstić information content (AvgIpc) is 2.66. The largest absolute Gasteiger partial charge is 0.340 e. The Kier molecular flexibility index (Phi) is 5.66. The molecule has 0 unspecified atom stereocenters. The normalized spacial score (nSPS) is 14.7. The number of amides is 2. The topological polar surface area (TPSA) is 62.3 Å². The molecule has 0 bridgehead atoms. The molecule has 26 heavy (non-hydrogen) atoms. The Morgan fingerprint density at radius 2 is 1.92 bits per heavy atom. The fourth-order valence-corrected chi connectivity index (χ4v) is 3.34. The summed E-state index contributed by atoms with van der Waals surface area (Å²) >= 11 is 0. The van der Waals surface area contributed by atoms with Crippen molar-refractivity contribution in [3.05, 3.63) is 65.5 Å². The SMILES string of the molecule is CC(C)C[C@@H](NC(=O)c1cccnc1)C(=O)N1CCc2ccccc2C1. The maximum absolute atomic E-state index is 13.1. The molecule has 5 heteroatoms. The summed E-state index contributed by atoms with van der Waals surface area (Å²) < 4.78 is 0. The van der Waals surface area contributed by atoms with Crippen LogP contribution >= 0.6 is 0 Å². The van der Waals surface area contributed by atoms with E-state index < -0.39 is 6.04 Å². The number of carbonyl (C=O) groups excluding carboxylic acids is 2. The summed E-state index contributed by atoms with van der Waals surface area (Å²) in [7, 11) is 0. The lowest BCUT2D eigenvalue weighted by Gasteiger charge is -2.32. The van der Waals surface area contributed by atoms with Gasteiger partial charge in [-0.05, 0) is 42.0 Å². The first-order valence-corrected chi connectivity index (χ1v) is 9.11. The van der Waals surface area contributed by atoms with Crippen LogP contribution in [0.25, 0.3) is 0 Å². The van der Waals surface area contributed by atoms with Crippen molar-refractivity contribution in [2.75, 3.05) is 6.54 Å². The molecule has 1 atom stereocenters. The number of aromatic nitrogens is 1. The summed E-state index contributed by atoms with van der Waals surface area (Å²) in [6.45, 7) is 5.41. The maximum Gasteiger partial charge on any atom is 0.253 e. The number of nitrogens with zero attached hydrogens (tertiary/aromatic N) is 2. The lowest BCUT2D eigenvalue weighted by atomic mass is 9.97. The summed E-state index contributed by atoms with van der Waals surface area (Å²) in [5, 5.41) is 2.92. The standard InChI is InChI=1S/C21H25N3O2/c1-15(2)12-19(23-20(25)17-8-5-10-22-13-17)21(26)24-11-9-16-6-3-4-7-18(16)14-24/h3-8,10,13,15,19H,9,11-12,14H2,1-2H3,(H,23,25)/t19-/m1/s1. The molecule has 1 aromatic carbocycles. The van der Waals surface area contributed by atoms with Gasteiger partial charge in [0, 0.05) is 25.5 Å². The van der Waals surface area contributed by atoms with Crippen LogP contribution in [0.4, 0.5) is 0 Å². The first-order chi connectivity index (χ1) is 12.5. The van der Waals surface area contributed by atoms with Crippen molar-refractivity contribution in [1.82, 2.24) is 15.2 Å². The Labute approximate surface area is 154 Å². The predicted molar refractivity (Wildman–Crippen MR) is 101 cm³/mol. The van der Waals surface area contributed by atoms with Crippen LogP contribution in [-0.4, -0.2) is 34.3 Å². The van der Waals surface area contributed by atoms with Gasteiger partial charge >= 0.3 is 0 Å². The van der Waals surface area contributed by atoms with Gasteiger partial charge in [-0.15, -0.1) is 0 Å². The molecule has 1 aromatic heterocycles. The number of nitrogens with one attached hydrogen (secondary N) is 1. The summed E-state index contributed by atoms with van der Waals surface area (Å²) in [5.74, 6) is 0.0372. The lowest BCUT2D eigenvalue weighted by molar-refractivity contribution is -0.134. The molecule has 2 heterocycles. The Morgan fingerprint density at radius 1 is 1.15 bits per heavy atom. The van der Waals surface area contributed by atoms with Crippen LogP contribution in [0, 0.1) is 5.92 Å². The van der Waals surface area contributed by atoms with Crippen LogP contribution < -0.4 is 5.32 Å². The van der Waals surface area contributed by atoms with Crippen molar-refractivity contribution >= 4 is 11.8 Å². The van der Waals surface area contributed by atoms with E-state index in [2.05, 4.69) is 36.3 Å². The molecule has 3 rings (SSSR count). The van der Waals surface area contributed by atoms with Crippen LogP contribution in [0.1, 0.15) is 41.8 Å². The zero-order valence-corrected chi connectivity index (χ0v) is 15.3. The Bertz CT molecular complexity index is 774. The summed E-state index contributed by atoms with van der Waals surface area (Å²) in [6.07, 6.45) is 4.61. The second kappa shape index (κ2) is 8.13. The van der Waals surface area contributed by atoms with E-state index in [4.69, 9.17) is 0 Å². The van der Waals surface area contributed by atoms with Crippen molar-refractivity contribution < 1.29 is 9.59 Å². The third-order valence-electron chi connectivity index (χ3n) is 4.68. The van der Waals surface area contributed by atoms with Crippen LogP contribution in [0.2, 0.25) is 0 Å². The molecule has 2 amide bonds. The molecule has 5 nitrogen and oxygen atoms in total. The molecular weight excluding hydrogens is 326 g/mol. The van der Waals surface area contributed by atoms with E-state index in [9.17, 15) is 9.59 Å². The number of hydrogen-bond donors (Lipinski definition) is 1. The van der Waals surface area contributed by atoms with E-state index in [1.54, 1.807) is 18.3 Å². The number of carbonyl (C=O) groups is 2. The maximum atomic E-state index is 13.1. The van der Waals surface area contributed by atoms with Crippen LogP contribution in [-0.2, 0) is 17.8 Å². The van der Waals surface area contributed by atoms with E-state index in [0.717, 1.165) is 6.42 Å². The number of rotatable bonds is 5. The molecule has 136 valence electrons. The zero-order valence-electron chi connectivity index (χ0n) is 15.3. The highest BCUT2D eigenvalue weighted by atomic mass is 16.2. The van der Waals surface area contributed by atoms with Crippen molar-refractivity contribution in [2.45, 2.75) is 39.3 Å². The minimum atomic E-state index is -0.520. The second-order valence-corrected chi connectivity index (χ2v) is 7.18. The van der Waals surface area contributed by atoms with E-state index in [1.165, 1.54) is 17.3 Å². The highest BCUT2D eigenvalue weighted by molar-refractivity contribution is 5.97. The molecule has 2 aromatic rings. The van der Waals surface area contributed by atoms with E-state index >= 15 is 0 Å². The first kappa shape index (κ1) is 18.1. The Morgan fingerprint density at radius 3 is 2.62 bits per heavy atom. The molecule has 1 N–H and O–H groups in total. The monoisotopic (exact) mass is 351 g/mol. The second-order valence-electron chi connectivity index (χ2n) is 7.18. The summed E-state index contributed by atoms with van der Waals surface area (Å²) in [6, 6.07) is 11.1. The molecule has 0 aliphatic carbocycles. The first-order valence-electron chi connectivity index (χ1n) is 9.11. The third kappa shape index (κ3) is 4.28. The van der Waals surface area contributed by atoms with Gasteiger partial charge in [-0.2, -0.15) is 0 Å². The summed E-state index contributed by atoms with van der Waals surface area (Å²) in [5.41, 5.74) is 2.96. The van der Waals surface area contributed by atoms with Crippen LogP contribution in [0.5, 0.6) is 0 Å². The van der Waals surface area contributed by atoms with Gasteiger partial charge in [0.15, 0.2) is 0 Å². The molecule has 1 aliphatic rings. The highest BCUT2D eigenvalue weighted by Crippen LogP contribution is 2.20. The molecule has 0 spiro atoms. The molecule has 0 radical (unpaired) electrons. The quantitative estimate of drug-likeness (QED) is 0.901. The minimum Gasteiger partial charge on any atom is -0.340 e. The van der Waals surface area contributed by atoms with E-state index in [-0.39, 0.29) is 11.8 Å². The molecule has 0 fully saturated rings. The smallest absolute Gasteiger partial charge is 0.253 e. The number of fused-ring (bicyclic) bond motifs is 1. The number of hydrogen-bond acceptors (Lipinski definition) is 3. The number of pyridine rings is 1. The van der Waals surface area contributed by atoms with Crippen molar-refractivity contribution in [3.8, 4) is 0 Å². The van der Waals surface area contributed by atoms with Crippen LogP contribution in [0.15, 0.2) is 48.8 Å². The minimum absolute atomic E-state index is 0.00885. The van der Waals surface area contributed by atoms with Gasteiger partial charge < -0.3 is 10.2 Å². The van der Waals surface area contributed by atoms with Gasteiger partial charge in [-0.1, -0.05) is 38.1 Å². The fourth-order valence-electron chi connectivity index (χ4n) is 3.34. The third-order valence-corrected chi connectivity index (χ3v) is 4.68. The van der Waals surface area contributed by atoms with Gasteiger partial charge in [-0.3, -0.25) is 14.6 Å². The van der Waals surface area contributed by atoms with Gasteiger partial charge in [0.25, 0.3) is 5.91 Å². The average molecular weight is 351 g/mol. The van der Waals surface area contributed by atoms with Gasteiger partial charge in [0.05, 0.1) is 5.56 Å². The Balaban J connectivity index is 1.73. The Hall–Kier alpha value is -2.69. The molecule has 0 saturated heterocycles. The van der Waals surface area contributed by atoms with E-state index in [0.29, 0.717) is 31.0 Å².